The molecule has 0 radical (unpaired) electrons. The number of methoxy groups -OCH3 is 2. The van der Waals surface area contributed by atoms with Crippen molar-refractivity contribution >= 4 is 23.6 Å². The molecule has 0 amide bonds. The Morgan fingerprint density at radius 1 is 1.15 bits per heavy atom. The molecule has 0 aliphatic heterocycles. The summed E-state index contributed by atoms with van der Waals surface area (Å²) in [5.41, 5.74) is -1.40. The zero-order valence-electron chi connectivity index (χ0n) is 15.9. The minimum Gasteiger partial charge on any atom is -0.468 e. The molecule has 0 fully saturated rings. The third-order valence-corrected chi connectivity index (χ3v) is 4.48. The molecule has 1 rings (SSSR count). The number of benzene rings is 1. The smallest absolute Gasteiger partial charge is 0.324 e. The molecule has 1 aromatic rings. The second-order valence-corrected chi connectivity index (χ2v) is 5.92. The highest BCUT2D eigenvalue weighted by Gasteiger charge is 2.40. The van der Waals surface area contributed by atoms with Crippen LogP contribution < -0.4 is 0 Å². The van der Waals surface area contributed by atoms with Gasteiger partial charge in [-0.25, -0.2) is 0 Å². The molecular formula is C18H23NO8. The molecule has 9 heteroatoms. The van der Waals surface area contributed by atoms with Gasteiger partial charge in [0.2, 0.25) is 0 Å². The predicted molar refractivity (Wildman–Crippen MR) is 94.1 cm³/mol. The van der Waals surface area contributed by atoms with Gasteiger partial charge < -0.3 is 14.2 Å². The number of hydrogen-bond acceptors (Lipinski definition) is 8. The Morgan fingerprint density at radius 2 is 1.70 bits per heavy atom. The van der Waals surface area contributed by atoms with Gasteiger partial charge in [-0.15, -0.1) is 0 Å². The van der Waals surface area contributed by atoms with E-state index < -0.39 is 39.9 Å². The minimum atomic E-state index is -1.65. The van der Waals surface area contributed by atoms with Crippen LogP contribution in [0.2, 0.25) is 0 Å². The van der Waals surface area contributed by atoms with Crippen molar-refractivity contribution in [2.75, 3.05) is 20.8 Å². The Bertz CT molecular complexity index is 729. The van der Waals surface area contributed by atoms with Crippen molar-refractivity contribution < 1.29 is 33.5 Å². The third-order valence-electron chi connectivity index (χ3n) is 4.48. The summed E-state index contributed by atoms with van der Waals surface area (Å²) in [6.45, 7) is 5.22. The van der Waals surface area contributed by atoms with E-state index in [-0.39, 0.29) is 12.2 Å². The van der Waals surface area contributed by atoms with E-state index in [1.165, 1.54) is 12.1 Å². The second-order valence-electron chi connectivity index (χ2n) is 5.92. The Morgan fingerprint density at radius 3 is 2.11 bits per heavy atom. The van der Waals surface area contributed by atoms with Crippen LogP contribution in [-0.2, 0) is 34.0 Å². The minimum absolute atomic E-state index is 0.168. The summed E-state index contributed by atoms with van der Waals surface area (Å²) in [5, 5.41) is 11.4. The summed E-state index contributed by atoms with van der Waals surface area (Å²) < 4.78 is 14.3. The predicted octanol–water partition coefficient (Wildman–Crippen LogP) is 2.26. The first-order chi connectivity index (χ1) is 12.7. The molecular weight excluding hydrogens is 358 g/mol. The summed E-state index contributed by atoms with van der Waals surface area (Å²) >= 11 is 0. The van der Waals surface area contributed by atoms with E-state index in [1.54, 1.807) is 20.8 Å². The summed E-state index contributed by atoms with van der Waals surface area (Å²) in [7, 11) is 2.12. The first-order valence-corrected chi connectivity index (χ1v) is 8.29. The zero-order valence-corrected chi connectivity index (χ0v) is 15.9. The molecule has 148 valence electrons. The molecule has 1 aromatic carbocycles. The highest BCUT2D eigenvalue weighted by atomic mass is 16.6. The van der Waals surface area contributed by atoms with Crippen LogP contribution in [0.5, 0.6) is 0 Å². The van der Waals surface area contributed by atoms with Gasteiger partial charge in [-0.3, -0.25) is 24.5 Å². The maximum absolute atomic E-state index is 12.4. The zero-order chi connectivity index (χ0) is 20.8. The Labute approximate surface area is 156 Å². The number of nitrogens with zero attached hydrogens (tertiary/aromatic N) is 1. The lowest BCUT2D eigenvalue weighted by molar-refractivity contribution is -0.385. The van der Waals surface area contributed by atoms with Crippen LogP contribution in [0.3, 0.4) is 0 Å². The fourth-order valence-corrected chi connectivity index (χ4v) is 2.64. The number of nitro groups is 1. The van der Waals surface area contributed by atoms with Crippen molar-refractivity contribution in [2.45, 2.75) is 38.5 Å². The van der Waals surface area contributed by atoms with E-state index in [1.807, 2.05) is 0 Å². The van der Waals surface area contributed by atoms with Crippen molar-refractivity contribution in [3.05, 3.63) is 39.4 Å². The molecule has 1 atom stereocenters. The van der Waals surface area contributed by atoms with Gasteiger partial charge >= 0.3 is 17.9 Å². The van der Waals surface area contributed by atoms with Gasteiger partial charge in [-0.05, 0) is 31.9 Å². The molecule has 0 saturated heterocycles. The van der Waals surface area contributed by atoms with Crippen molar-refractivity contribution in [3.8, 4) is 0 Å². The fraction of sp³-hybridized carbons (Fsp3) is 0.500. The number of ether oxygens (including phenoxy) is 3. The SMILES string of the molecule is CCOC(=O)C(C)(CC)c1ccc([N+](=O)[O-])c(C(C(=O)OC)C(=O)OC)c1. The largest absolute Gasteiger partial charge is 0.468 e. The Kier molecular flexibility index (Phi) is 7.45. The topological polar surface area (TPSA) is 122 Å². The van der Waals surface area contributed by atoms with Gasteiger partial charge in [-0.2, -0.15) is 0 Å². The number of hydrogen-bond donors (Lipinski definition) is 0. The van der Waals surface area contributed by atoms with Gasteiger partial charge in [0, 0.05) is 6.07 Å². The summed E-state index contributed by atoms with van der Waals surface area (Å²) in [6, 6.07) is 3.85. The fourth-order valence-electron chi connectivity index (χ4n) is 2.64. The van der Waals surface area contributed by atoms with E-state index >= 15 is 0 Å². The Hall–Kier alpha value is -2.97. The first kappa shape index (κ1) is 22.1. The maximum Gasteiger partial charge on any atom is 0.324 e. The number of carbonyl (C=O) groups excluding carboxylic acids is 3. The van der Waals surface area contributed by atoms with Crippen LogP contribution in [0, 0.1) is 10.1 Å². The molecule has 0 heterocycles. The third kappa shape index (κ3) is 4.42. The molecule has 0 spiro atoms. The van der Waals surface area contributed by atoms with Gasteiger partial charge in [-0.1, -0.05) is 13.0 Å². The highest BCUT2D eigenvalue weighted by Crippen LogP contribution is 2.36. The van der Waals surface area contributed by atoms with Crippen molar-refractivity contribution in [1.29, 1.82) is 0 Å². The van der Waals surface area contributed by atoms with Gasteiger partial charge in [0.25, 0.3) is 5.69 Å². The van der Waals surface area contributed by atoms with Gasteiger partial charge in [0.1, 0.15) is 0 Å². The second kappa shape index (κ2) is 9.11. The average Bonchev–Trinajstić information content (AvgIpc) is 2.66. The van der Waals surface area contributed by atoms with Crippen LogP contribution >= 0.6 is 0 Å². The molecule has 0 aliphatic carbocycles. The van der Waals surface area contributed by atoms with Crippen LogP contribution in [0.4, 0.5) is 5.69 Å². The van der Waals surface area contributed by atoms with Crippen molar-refractivity contribution in [3.63, 3.8) is 0 Å². The summed E-state index contributed by atoms with van der Waals surface area (Å²) in [5.74, 6) is -4.17. The van der Waals surface area contributed by atoms with Crippen molar-refractivity contribution in [1.82, 2.24) is 0 Å². The molecule has 0 bridgehead atoms. The normalized spacial score (nSPS) is 12.8. The summed E-state index contributed by atoms with van der Waals surface area (Å²) in [6.07, 6.45) is 0.337. The van der Waals surface area contributed by atoms with Crippen LogP contribution in [-0.4, -0.2) is 43.7 Å². The lowest BCUT2D eigenvalue weighted by Gasteiger charge is -2.27. The van der Waals surface area contributed by atoms with E-state index in [0.717, 1.165) is 20.3 Å². The van der Waals surface area contributed by atoms with E-state index in [2.05, 4.69) is 9.47 Å². The molecule has 0 aliphatic rings. The van der Waals surface area contributed by atoms with Crippen molar-refractivity contribution in [2.24, 2.45) is 0 Å². The maximum atomic E-state index is 12.4. The molecule has 0 saturated carbocycles. The monoisotopic (exact) mass is 381 g/mol. The summed E-state index contributed by atoms with van der Waals surface area (Å²) in [4.78, 5) is 47.4. The van der Waals surface area contributed by atoms with Crippen LogP contribution in [0.25, 0.3) is 0 Å². The average molecular weight is 381 g/mol. The highest BCUT2D eigenvalue weighted by molar-refractivity contribution is 6.01. The Balaban J connectivity index is 3.69. The number of nitro benzene ring substituents is 1. The molecule has 1 unspecified atom stereocenters. The number of esters is 3. The number of carbonyl (C=O) groups is 3. The lowest BCUT2D eigenvalue weighted by Crippen LogP contribution is -2.34. The van der Waals surface area contributed by atoms with E-state index in [0.29, 0.717) is 12.0 Å². The standard InChI is InChI=1S/C18H23NO8/c1-6-18(3,17(22)27-7-2)11-8-9-13(19(23)24)12(10-11)14(15(20)25-4)16(21)26-5/h8-10,14H,6-7H2,1-5H3. The molecule has 9 nitrogen and oxygen atoms in total. The lowest BCUT2D eigenvalue weighted by atomic mass is 9.78. The van der Waals surface area contributed by atoms with Gasteiger partial charge in [0.15, 0.2) is 5.92 Å². The van der Waals surface area contributed by atoms with Gasteiger partial charge in [0.05, 0.1) is 36.7 Å². The molecule has 0 N–H and O–H groups in total. The number of rotatable bonds is 8. The first-order valence-electron chi connectivity index (χ1n) is 8.29. The molecule has 27 heavy (non-hydrogen) atoms. The quantitative estimate of drug-likeness (QED) is 0.221. The van der Waals surface area contributed by atoms with Crippen LogP contribution in [0.1, 0.15) is 44.2 Å². The van der Waals surface area contributed by atoms with Crippen LogP contribution in [0.15, 0.2) is 18.2 Å². The van der Waals surface area contributed by atoms with E-state index in [4.69, 9.17) is 4.74 Å². The molecule has 0 aromatic heterocycles. The van der Waals surface area contributed by atoms with E-state index in [9.17, 15) is 24.5 Å².